The molecule has 28 heavy (non-hydrogen) atoms. The van der Waals surface area contributed by atoms with Gasteiger partial charge in [0.05, 0.1) is 17.4 Å². The van der Waals surface area contributed by atoms with Crippen molar-refractivity contribution in [3.8, 4) is 0 Å². The average molecular weight is 382 g/mol. The Kier molecular flexibility index (Phi) is 3.99. The number of fused-ring (bicyclic) bond motifs is 3. The first-order chi connectivity index (χ1) is 13.2. The maximum Gasteiger partial charge on any atom is 0.325 e. The molecule has 0 spiro atoms. The highest BCUT2D eigenvalue weighted by molar-refractivity contribution is 6.06. The van der Waals surface area contributed by atoms with Gasteiger partial charge in [0.2, 0.25) is 5.78 Å². The van der Waals surface area contributed by atoms with Crippen molar-refractivity contribution in [2.75, 3.05) is 0 Å². The molecule has 3 aromatic rings. The van der Waals surface area contributed by atoms with E-state index in [1.807, 2.05) is 19.9 Å². The number of hydrogen-bond donors (Lipinski definition) is 1. The number of nitrogens with one attached hydrogen (secondary N) is 1. The van der Waals surface area contributed by atoms with Gasteiger partial charge in [-0.05, 0) is 31.4 Å². The topological polar surface area (TPSA) is 102 Å². The second-order valence-corrected chi connectivity index (χ2v) is 7.88. The molecule has 3 amide bonds. The van der Waals surface area contributed by atoms with Gasteiger partial charge in [0, 0.05) is 7.05 Å². The van der Waals surface area contributed by atoms with Gasteiger partial charge in [0.25, 0.3) is 11.5 Å². The second kappa shape index (κ2) is 6.15. The lowest BCUT2D eigenvalue weighted by molar-refractivity contribution is -0.131. The van der Waals surface area contributed by atoms with E-state index in [1.54, 1.807) is 36.6 Å². The lowest BCUT2D eigenvalue weighted by atomic mass is 9.91. The number of urea groups is 1. The molecule has 2 aromatic heterocycles. The summed E-state index contributed by atoms with van der Waals surface area (Å²) in [6.45, 7) is 5.73. The van der Waals surface area contributed by atoms with Crippen LogP contribution in [0.2, 0.25) is 0 Å². The van der Waals surface area contributed by atoms with Gasteiger partial charge in [-0.25, -0.2) is 4.79 Å². The van der Waals surface area contributed by atoms with Crippen molar-refractivity contribution in [2.24, 2.45) is 13.0 Å². The first kappa shape index (κ1) is 18.1. The smallest absolute Gasteiger partial charge is 0.323 e. The van der Waals surface area contributed by atoms with Crippen molar-refractivity contribution in [3.63, 3.8) is 0 Å². The molecule has 0 radical (unpaired) electrons. The maximum absolute atomic E-state index is 13.0. The minimum Gasteiger partial charge on any atom is -0.323 e. The third-order valence-electron chi connectivity index (χ3n) is 5.15. The number of benzene rings is 1. The van der Waals surface area contributed by atoms with E-state index in [1.165, 1.54) is 9.47 Å². The lowest BCUT2D eigenvalue weighted by Crippen LogP contribution is -2.44. The van der Waals surface area contributed by atoms with Gasteiger partial charge in [0.15, 0.2) is 5.82 Å². The number of carbonyl (C=O) groups excluding carboxylic acids is 2. The second-order valence-electron chi connectivity index (χ2n) is 7.88. The summed E-state index contributed by atoms with van der Waals surface area (Å²) in [4.78, 5) is 39.2. The SMILES string of the molecule is CC(C)C[C@]1(C)NC(=O)N(Cc2nnc3n(C)c(=O)c4ccccc4n23)C1=O. The summed E-state index contributed by atoms with van der Waals surface area (Å²) in [6, 6.07) is 6.69. The number of aryl methyl sites for hydroxylation is 1. The van der Waals surface area contributed by atoms with Crippen LogP contribution in [-0.2, 0) is 18.4 Å². The van der Waals surface area contributed by atoms with Crippen LogP contribution in [-0.4, -0.2) is 41.5 Å². The number of aromatic nitrogens is 4. The van der Waals surface area contributed by atoms with Crippen molar-refractivity contribution in [3.05, 3.63) is 40.4 Å². The minimum absolute atomic E-state index is 0.0261. The molecule has 0 aliphatic carbocycles. The van der Waals surface area contributed by atoms with Crippen LogP contribution in [0.25, 0.3) is 16.7 Å². The highest BCUT2D eigenvalue weighted by Gasteiger charge is 2.48. The standard InChI is InChI=1S/C19H22N6O3/c1-11(2)9-19(3)16(27)24(18(28)20-19)10-14-21-22-17-23(4)15(26)12-7-5-6-8-13(12)25(14)17/h5-8,11H,9-10H2,1-4H3,(H,20,28)/t19-/m0/s1. The Morgan fingerprint density at radius 1 is 1.14 bits per heavy atom. The van der Waals surface area contributed by atoms with Crippen LogP contribution in [0, 0.1) is 5.92 Å². The molecular formula is C19H22N6O3. The quantitative estimate of drug-likeness (QED) is 0.688. The molecule has 3 heterocycles. The van der Waals surface area contributed by atoms with Crippen molar-refractivity contribution >= 4 is 28.6 Å². The van der Waals surface area contributed by atoms with E-state index < -0.39 is 11.6 Å². The molecule has 1 N–H and O–H groups in total. The Hall–Kier alpha value is -3.23. The van der Waals surface area contributed by atoms with Crippen LogP contribution in [0.5, 0.6) is 0 Å². The first-order valence-electron chi connectivity index (χ1n) is 9.19. The molecule has 9 heteroatoms. The van der Waals surface area contributed by atoms with E-state index in [2.05, 4.69) is 15.5 Å². The van der Waals surface area contributed by atoms with Crippen molar-refractivity contribution < 1.29 is 9.59 Å². The predicted molar refractivity (Wildman–Crippen MR) is 103 cm³/mol. The number of rotatable bonds is 4. The number of hydrogen-bond acceptors (Lipinski definition) is 5. The van der Waals surface area contributed by atoms with Crippen molar-refractivity contribution in [2.45, 2.75) is 39.3 Å². The van der Waals surface area contributed by atoms with Crippen LogP contribution in [0.4, 0.5) is 4.79 Å². The molecule has 1 atom stereocenters. The van der Waals surface area contributed by atoms with Gasteiger partial charge in [-0.15, -0.1) is 10.2 Å². The largest absolute Gasteiger partial charge is 0.325 e. The number of carbonyl (C=O) groups is 2. The Morgan fingerprint density at radius 3 is 2.57 bits per heavy atom. The molecular weight excluding hydrogens is 360 g/mol. The van der Waals surface area contributed by atoms with E-state index in [-0.39, 0.29) is 23.9 Å². The average Bonchev–Trinajstić information content (AvgIpc) is 3.14. The van der Waals surface area contributed by atoms with Crippen LogP contribution in [0.1, 0.15) is 33.0 Å². The summed E-state index contributed by atoms with van der Waals surface area (Å²) in [5, 5.41) is 11.6. The maximum atomic E-state index is 13.0. The first-order valence-corrected chi connectivity index (χ1v) is 9.19. The van der Waals surface area contributed by atoms with Crippen molar-refractivity contribution in [1.82, 2.24) is 29.4 Å². The van der Waals surface area contributed by atoms with Crippen LogP contribution < -0.4 is 10.9 Å². The zero-order valence-corrected chi connectivity index (χ0v) is 16.3. The van der Waals surface area contributed by atoms with Gasteiger partial charge < -0.3 is 5.32 Å². The van der Waals surface area contributed by atoms with E-state index in [4.69, 9.17) is 0 Å². The summed E-state index contributed by atoms with van der Waals surface area (Å²) in [6.07, 6.45) is 0.548. The number of nitrogens with zero attached hydrogens (tertiary/aromatic N) is 5. The summed E-state index contributed by atoms with van der Waals surface area (Å²) >= 11 is 0. The van der Waals surface area contributed by atoms with Crippen LogP contribution >= 0.6 is 0 Å². The molecule has 1 aliphatic rings. The molecule has 9 nitrogen and oxygen atoms in total. The summed E-state index contributed by atoms with van der Waals surface area (Å²) < 4.78 is 3.13. The monoisotopic (exact) mass is 382 g/mol. The van der Waals surface area contributed by atoms with Gasteiger partial charge in [-0.2, -0.15) is 0 Å². The summed E-state index contributed by atoms with van der Waals surface area (Å²) in [5.74, 6) is 0.744. The molecule has 0 saturated carbocycles. The van der Waals surface area contributed by atoms with E-state index in [0.29, 0.717) is 28.9 Å². The Balaban J connectivity index is 1.81. The fourth-order valence-electron chi connectivity index (χ4n) is 3.98. The highest BCUT2D eigenvalue weighted by Crippen LogP contribution is 2.26. The lowest BCUT2D eigenvalue weighted by Gasteiger charge is -2.23. The molecule has 0 bridgehead atoms. The third-order valence-corrected chi connectivity index (χ3v) is 5.15. The molecule has 1 saturated heterocycles. The predicted octanol–water partition coefficient (Wildman–Crippen LogP) is 1.44. The number of imide groups is 1. The fourth-order valence-corrected chi connectivity index (χ4v) is 3.98. The molecule has 1 fully saturated rings. The molecule has 0 unspecified atom stereocenters. The number of amides is 3. The molecule has 4 rings (SSSR count). The van der Waals surface area contributed by atoms with Gasteiger partial charge in [-0.3, -0.25) is 23.5 Å². The summed E-state index contributed by atoms with van der Waals surface area (Å²) in [5.41, 5.74) is -0.472. The zero-order chi connectivity index (χ0) is 20.2. The van der Waals surface area contributed by atoms with Crippen molar-refractivity contribution in [1.29, 1.82) is 0 Å². The fraction of sp³-hybridized carbons (Fsp3) is 0.421. The van der Waals surface area contributed by atoms with E-state index >= 15 is 0 Å². The minimum atomic E-state index is -0.930. The third kappa shape index (κ3) is 2.57. The molecule has 146 valence electrons. The Labute approximate surface area is 161 Å². The normalized spacial score (nSPS) is 20.0. The van der Waals surface area contributed by atoms with Crippen LogP contribution in [0.15, 0.2) is 29.1 Å². The Bertz CT molecular complexity index is 1180. The van der Waals surface area contributed by atoms with E-state index in [9.17, 15) is 14.4 Å². The van der Waals surface area contributed by atoms with Gasteiger partial charge in [-0.1, -0.05) is 26.0 Å². The molecule has 1 aliphatic heterocycles. The Morgan fingerprint density at radius 2 is 1.86 bits per heavy atom. The summed E-state index contributed by atoms with van der Waals surface area (Å²) in [7, 11) is 1.62. The highest BCUT2D eigenvalue weighted by atomic mass is 16.2. The van der Waals surface area contributed by atoms with Gasteiger partial charge >= 0.3 is 6.03 Å². The molecule has 1 aromatic carbocycles. The van der Waals surface area contributed by atoms with Gasteiger partial charge in [0.1, 0.15) is 5.54 Å². The zero-order valence-electron chi connectivity index (χ0n) is 16.3. The number of para-hydroxylation sites is 1. The van der Waals surface area contributed by atoms with Crippen LogP contribution in [0.3, 0.4) is 0 Å². The van der Waals surface area contributed by atoms with E-state index in [0.717, 1.165) is 0 Å².